The molecule has 2 heterocycles. The summed E-state index contributed by atoms with van der Waals surface area (Å²) >= 11 is 6.51. The van der Waals surface area contributed by atoms with Gasteiger partial charge in [-0.05, 0) is 59.1 Å². The Bertz CT molecular complexity index is 1060. The van der Waals surface area contributed by atoms with Crippen molar-refractivity contribution in [2.24, 2.45) is 0 Å². The standard InChI is InChI=1S/C25H32ClN3O5/c1-14-19(22(30)28-29-13-9-12-18(29)23(31)34-25(3,4)5)21(16-10-7-8-11-17(16)26)20(15(2)27-14)24(32)33-6/h7-8,10-11,18,21,27H,9,12-13H2,1-6H3,(H,28,30). The van der Waals surface area contributed by atoms with Gasteiger partial charge in [-0.25, -0.2) is 9.80 Å². The van der Waals surface area contributed by atoms with Crippen LogP contribution >= 0.6 is 11.6 Å². The summed E-state index contributed by atoms with van der Waals surface area (Å²) in [6, 6.07) is 6.50. The fourth-order valence-electron chi connectivity index (χ4n) is 4.40. The fourth-order valence-corrected chi connectivity index (χ4v) is 4.65. The highest BCUT2D eigenvalue weighted by molar-refractivity contribution is 6.31. The fraction of sp³-hybridized carbons (Fsp3) is 0.480. The van der Waals surface area contributed by atoms with Crippen molar-refractivity contribution in [3.05, 3.63) is 57.4 Å². The molecule has 0 radical (unpaired) electrons. The number of ether oxygens (including phenoxy) is 2. The van der Waals surface area contributed by atoms with Gasteiger partial charge in [0.15, 0.2) is 0 Å². The van der Waals surface area contributed by atoms with Crippen molar-refractivity contribution in [3.8, 4) is 0 Å². The highest BCUT2D eigenvalue weighted by Crippen LogP contribution is 2.41. The number of dihydropyridines is 1. The molecule has 3 rings (SSSR count). The first-order valence-corrected chi connectivity index (χ1v) is 11.6. The van der Waals surface area contributed by atoms with Crippen molar-refractivity contribution in [3.63, 3.8) is 0 Å². The molecule has 0 bridgehead atoms. The van der Waals surface area contributed by atoms with Gasteiger partial charge in [-0.2, -0.15) is 0 Å². The van der Waals surface area contributed by atoms with Gasteiger partial charge in [-0.15, -0.1) is 0 Å². The Labute approximate surface area is 205 Å². The van der Waals surface area contributed by atoms with Crippen molar-refractivity contribution in [1.82, 2.24) is 15.8 Å². The first-order chi connectivity index (χ1) is 15.9. The average molecular weight is 490 g/mol. The summed E-state index contributed by atoms with van der Waals surface area (Å²) in [4.78, 5) is 39.2. The van der Waals surface area contributed by atoms with E-state index in [2.05, 4.69) is 10.7 Å². The Balaban J connectivity index is 1.97. The summed E-state index contributed by atoms with van der Waals surface area (Å²) in [5.74, 6) is -2.11. The van der Waals surface area contributed by atoms with Gasteiger partial charge < -0.3 is 14.8 Å². The predicted molar refractivity (Wildman–Crippen MR) is 128 cm³/mol. The van der Waals surface area contributed by atoms with Gasteiger partial charge in [-0.3, -0.25) is 15.0 Å². The molecule has 2 aliphatic rings. The molecular formula is C25H32ClN3O5. The van der Waals surface area contributed by atoms with Crippen LogP contribution in [0.4, 0.5) is 0 Å². The summed E-state index contributed by atoms with van der Waals surface area (Å²) in [6.07, 6.45) is 1.31. The van der Waals surface area contributed by atoms with Crippen molar-refractivity contribution in [1.29, 1.82) is 0 Å². The number of halogens is 1. The number of nitrogens with one attached hydrogen (secondary N) is 2. The lowest BCUT2D eigenvalue weighted by molar-refractivity contribution is -0.161. The average Bonchev–Trinajstić information content (AvgIpc) is 3.20. The van der Waals surface area contributed by atoms with Crippen LogP contribution in [0.25, 0.3) is 0 Å². The van der Waals surface area contributed by atoms with Crippen molar-refractivity contribution in [2.45, 2.75) is 65.0 Å². The Hall–Kier alpha value is -2.84. The number of allylic oxidation sites excluding steroid dienone is 2. The van der Waals surface area contributed by atoms with E-state index in [-0.39, 0.29) is 5.97 Å². The monoisotopic (exact) mass is 489 g/mol. The van der Waals surface area contributed by atoms with Crippen LogP contribution in [0, 0.1) is 0 Å². The van der Waals surface area contributed by atoms with E-state index in [1.165, 1.54) is 7.11 Å². The molecule has 184 valence electrons. The Morgan fingerprint density at radius 1 is 1.12 bits per heavy atom. The van der Waals surface area contributed by atoms with Crippen LogP contribution in [0.1, 0.15) is 58.9 Å². The summed E-state index contributed by atoms with van der Waals surface area (Å²) in [5, 5.41) is 5.17. The number of hydrazine groups is 1. The van der Waals surface area contributed by atoms with Gasteiger partial charge in [-0.1, -0.05) is 29.8 Å². The molecule has 9 heteroatoms. The van der Waals surface area contributed by atoms with E-state index in [0.29, 0.717) is 46.1 Å². The molecule has 1 aromatic rings. The number of carbonyl (C=O) groups excluding carboxylic acids is 3. The quantitative estimate of drug-likeness (QED) is 0.610. The largest absolute Gasteiger partial charge is 0.466 e. The van der Waals surface area contributed by atoms with E-state index in [9.17, 15) is 14.4 Å². The lowest BCUT2D eigenvalue weighted by Crippen LogP contribution is -2.51. The number of amides is 1. The number of carbonyl (C=O) groups is 3. The van der Waals surface area contributed by atoms with E-state index in [4.69, 9.17) is 21.1 Å². The number of hydrogen-bond acceptors (Lipinski definition) is 7. The third-order valence-electron chi connectivity index (χ3n) is 5.80. The Morgan fingerprint density at radius 2 is 1.76 bits per heavy atom. The van der Waals surface area contributed by atoms with E-state index >= 15 is 0 Å². The van der Waals surface area contributed by atoms with Gasteiger partial charge in [0.25, 0.3) is 5.91 Å². The number of nitrogens with zero attached hydrogens (tertiary/aromatic N) is 1. The normalized spacial score (nSPS) is 21.3. The molecule has 8 nitrogen and oxygen atoms in total. The van der Waals surface area contributed by atoms with Gasteiger partial charge in [0.1, 0.15) is 11.6 Å². The van der Waals surface area contributed by atoms with Crippen LogP contribution in [-0.4, -0.2) is 48.2 Å². The van der Waals surface area contributed by atoms with Crippen molar-refractivity contribution in [2.75, 3.05) is 13.7 Å². The third-order valence-corrected chi connectivity index (χ3v) is 6.15. The molecule has 1 aromatic carbocycles. The van der Waals surface area contributed by atoms with Gasteiger partial charge in [0.2, 0.25) is 0 Å². The molecule has 0 saturated carbocycles. The molecule has 0 aliphatic carbocycles. The van der Waals surface area contributed by atoms with Crippen molar-refractivity contribution >= 4 is 29.4 Å². The summed E-state index contributed by atoms with van der Waals surface area (Å²) in [7, 11) is 1.30. The first-order valence-electron chi connectivity index (χ1n) is 11.3. The lowest BCUT2D eigenvalue weighted by Gasteiger charge is -2.33. The second-order valence-corrected chi connectivity index (χ2v) is 9.88. The molecule has 1 saturated heterocycles. The van der Waals surface area contributed by atoms with E-state index in [1.54, 1.807) is 43.1 Å². The maximum Gasteiger partial charge on any atom is 0.336 e. The summed E-state index contributed by atoms with van der Waals surface area (Å²) in [5.41, 5.74) is 4.66. The number of benzene rings is 1. The molecule has 2 N–H and O–H groups in total. The van der Waals surface area contributed by atoms with Crippen LogP contribution < -0.4 is 10.7 Å². The number of esters is 2. The zero-order valence-electron chi connectivity index (χ0n) is 20.5. The van der Waals surface area contributed by atoms with Crippen LogP contribution in [0.15, 0.2) is 46.8 Å². The minimum Gasteiger partial charge on any atom is -0.466 e. The zero-order valence-corrected chi connectivity index (χ0v) is 21.2. The van der Waals surface area contributed by atoms with Crippen LogP contribution in [0.2, 0.25) is 5.02 Å². The second kappa shape index (κ2) is 10.2. The molecular weight excluding hydrogens is 458 g/mol. The van der Waals surface area contributed by atoms with Crippen LogP contribution in [0.3, 0.4) is 0 Å². The van der Waals surface area contributed by atoms with Crippen molar-refractivity contribution < 1.29 is 23.9 Å². The minimum atomic E-state index is -0.745. The van der Waals surface area contributed by atoms with Crippen LogP contribution in [-0.2, 0) is 23.9 Å². The molecule has 1 amide bonds. The maximum absolute atomic E-state index is 13.7. The minimum absolute atomic E-state index is 0.302. The molecule has 0 aromatic heterocycles. The molecule has 0 spiro atoms. The van der Waals surface area contributed by atoms with Gasteiger partial charge in [0.05, 0.1) is 18.6 Å². The summed E-state index contributed by atoms with van der Waals surface area (Å²) in [6.45, 7) is 9.45. The smallest absolute Gasteiger partial charge is 0.336 e. The SMILES string of the molecule is COC(=O)C1=C(C)NC(C)=C(C(=O)NN2CCCC2C(=O)OC(C)(C)C)C1c1ccccc1Cl. The second-order valence-electron chi connectivity index (χ2n) is 9.47. The zero-order chi connectivity index (χ0) is 25.2. The van der Waals surface area contributed by atoms with Gasteiger partial charge in [0, 0.05) is 28.5 Å². The molecule has 2 unspecified atom stereocenters. The topological polar surface area (TPSA) is 97.0 Å². The number of methoxy groups -OCH3 is 1. The number of hydrogen-bond donors (Lipinski definition) is 2. The maximum atomic E-state index is 13.7. The molecule has 2 aliphatic heterocycles. The highest BCUT2D eigenvalue weighted by Gasteiger charge is 2.40. The predicted octanol–water partition coefficient (Wildman–Crippen LogP) is 3.59. The molecule has 34 heavy (non-hydrogen) atoms. The van der Waals surface area contributed by atoms with Crippen LogP contribution in [0.5, 0.6) is 0 Å². The first kappa shape index (κ1) is 25.8. The summed E-state index contributed by atoms with van der Waals surface area (Å²) < 4.78 is 10.6. The number of rotatable bonds is 5. The third kappa shape index (κ3) is 5.45. The molecule has 2 atom stereocenters. The Kier molecular flexibility index (Phi) is 7.73. The lowest BCUT2D eigenvalue weighted by atomic mass is 9.80. The highest BCUT2D eigenvalue weighted by atomic mass is 35.5. The Morgan fingerprint density at radius 3 is 2.38 bits per heavy atom. The van der Waals surface area contributed by atoms with E-state index < -0.39 is 29.4 Å². The van der Waals surface area contributed by atoms with E-state index in [1.807, 2.05) is 20.8 Å². The van der Waals surface area contributed by atoms with E-state index in [0.717, 1.165) is 6.42 Å². The van der Waals surface area contributed by atoms with Gasteiger partial charge >= 0.3 is 11.9 Å². The molecule has 1 fully saturated rings.